The van der Waals surface area contributed by atoms with Crippen molar-refractivity contribution in [1.82, 2.24) is 5.32 Å². The fourth-order valence-corrected chi connectivity index (χ4v) is 2.42. The van der Waals surface area contributed by atoms with Gasteiger partial charge in [-0.2, -0.15) is 11.8 Å². The Morgan fingerprint density at radius 2 is 2.18 bits per heavy atom. The van der Waals surface area contributed by atoms with Crippen LogP contribution in [0.5, 0.6) is 0 Å². The first kappa shape index (κ1) is 18.2. The molecular formula is C15H21NO5S. The first-order valence-corrected chi connectivity index (χ1v) is 7.88. The molecule has 0 bridgehead atoms. The Labute approximate surface area is 133 Å². The van der Waals surface area contributed by atoms with Crippen molar-refractivity contribution in [2.24, 2.45) is 0 Å². The van der Waals surface area contributed by atoms with Gasteiger partial charge < -0.3 is 19.6 Å². The second-order valence-electron chi connectivity index (χ2n) is 5.56. The summed E-state index contributed by atoms with van der Waals surface area (Å²) in [6, 6.07) is 2.58. The van der Waals surface area contributed by atoms with Crippen LogP contribution in [0.3, 0.4) is 0 Å². The van der Waals surface area contributed by atoms with Gasteiger partial charge in [0, 0.05) is 5.75 Å². The molecule has 7 heteroatoms. The summed E-state index contributed by atoms with van der Waals surface area (Å²) >= 11 is 1.35. The Morgan fingerprint density at radius 3 is 2.68 bits per heavy atom. The highest BCUT2D eigenvalue weighted by Gasteiger charge is 2.23. The van der Waals surface area contributed by atoms with E-state index in [4.69, 9.17) is 14.3 Å². The Bertz CT molecular complexity index is 532. The Kier molecular flexibility index (Phi) is 6.55. The van der Waals surface area contributed by atoms with Crippen LogP contribution in [0.4, 0.5) is 4.79 Å². The fourth-order valence-electron chi connectivity index (χ4n) is 1.48. The maximum absolute atomic E-state index is 11.6. The molecule has 0 radical (unpaired) electrons. The molecule has 6 nitrogen and oxygen atoms in total. The topological polar surface area (TPSA) is 88.8 Å². The number of ether oxygens (including phenoxy) is 1. The van der Waals surface area contributed by atoms with Crippen LogP contribution in [0.25, 0.3) is 6.08 Å². The molecule has 0 aromatic carbocycles. The maximum atomic E-state index is 11.6. The summed E-state index contributed by atoms with van der Waals surface area (Å²) in [4.78, 5) is 22.8. The molecule has 0 aliphatic carbocycles. The Hall–Kier alpha value is -1.89. The van der Waals surface area contributed by atoms with Gasteiger partial charge in [0.2, 0.25) is 0 Å². The number of hydrogen-bond acceptors (Lipinski definition) is 5. The number of amides is 1. The summed E-state index contributed by atoms with van der Waals surface area (Å²) in [6.45, 7) is 8.74. The molecule has 1 aromatic heterocycles. The highest BCUT2D eigenvalue weighted by Crippen LogP contribution is 2.17. The molecule has 1 heterocycles. The lowest BCUT2D eigenvalue weighted by atomic mass is 10.2. The largest absolute Gasteiger partial charge is 0.480 e. The number of rotatable bonds is 7. The molecule has 0 saturated heterocycles. The Balaban J connectivity index is 2.45. The van der Waals surface area contributed by atoms with Crippen LogP contribution in [0.2, 0.25) is 0 Å². The Morgan fingerprint density at radius 1 is 1.50 bits per heavy atom. The van der Waals surface area contributed by atoms with E-state index in [1.165, 1.54) is 11.8 Å². The molecule has 1 amide bonds. The summed E-state index contributed by atoms with van der Waals surface area (Å²) in [7, 11) is 0. The number of aliphatic carboxylic acids is 1. The molecule has 0 aliphatic rings. The normalized spacial score (nSPS) is 12.5. The van der Waals surface area contributed by atoms with Gasteiger partial charge in [-0.1, -0.05) is 6.58 Å². The SMILES string of the molecule is C=Cc1ccc(CSCC(NC(=O)OC(C)(C)C)C(=O)O)o1. The minimum Gasteiger partial charge on any atom is -0.480 e. The monoisotopic (exact) mass is 327 g/mol. The van der Waals surface area contributed by atoms with E-state index in [0.29, 0.717) is 11.5 Å². The molecule has 0 saturated carbocycles. The summed E-state index contributed by atoms with van der Waals surface area (Å²) in [5, 5.41) is 11.5. The van der Waals surface area contributed by atoms with Gasteiger partial charge in [0.1, 0.15) is 23.2 Å². The van der Waals surface area contributed by atoms with E-state index in [-0.39, 0.29) is 5.75 Å². The number of thioether (sulfide) groups is 1. The third-order valence-corrected chi connectivity index (χ3v) is 3.46. The quantitative estimate of drug-likeness (QED) is 0.800. The molecule has 1 atom stereocenters. The number of carbonyl (C=O) groups excluding carboxylic acids is 1. The molecule has 22 heavy (non-hydrogen) atoms. The molecule has 0 fully saturated rings. The van der Waals surface area contributed by atoms with E-state index in [9.17, 15) is 9.59 Å². The van der Waals surface area contributed by atoms with Gasteiger partial charge in [0.15, 0.2) is 0 Å². The minimum absolute atomic E-state index is 0.207. The molecule has 1 unspecified atom stereocenters. The molecule has 1 aromatic rings. The third-order valence-electron chi connectivity index (χ3n) is 2.40. The smallest absolute Gasteiger partial charge is 0.408 e. The standard InChI is InChI=1S/C15H21NO5S/c1-5-10-6-7-11(20-10)8-22-9-12(13(17)18)16-14(19)21-15(2,3)4/h5-7,12H,1,8-9H2,2-4H3,(H,16,19)(H,17,18). The maximum Gasteiger partial charge on any atom is 0.408 e. The third kappa shape index (κ3) is 6.71. The zero-order valence-electron chi connectivity index (χ0n) is 12.9. The van der Waals surface area contributed by atoms with Crippen molar-refractivity contribution >= 4 is 29.9 Å². The number of carboxylic acid groups (broad SMARTS) is 1. The lowest BCUT2D eigenvalue weighted by Gasteiger charge is -2.21. The van der Waals surface area contributed by atoms with E-state index in [0.717, 1.165) is 5.76 Å². The highest BCUT2D eigenvalue weighted by atomic mass is 32.2. The number of carbonyl (C=O) groups is 2. The van der Waals surface area contributed by atoms with Gasteiger partial charge in [0.25, 0.3) is 0 Å². The van der Waals surface area contributed by atoms with Gasteiger partial charge in [-0.05, 0) is 39.0 Å². The minimum atomic E-state index is -1.11. The molecule has 0 aliphatic heterocycles. The van der Waals surface area contributed by atoms with Crippen LogP contribution in [0.1, 0.15) is 32.3 Å². The van der Waals surface area contributed by atoms with Gasteiger partial charge in [-0.3, -0.25) is 0 Å². The summed E-state index contributed by atoms with van der Waals surface area (Å²) in [6.07, 6.45) is 0.852. The van der Waals surface area contributed by atoms with Crippen molar-refractivity contribution in [3.8, 4) is 0 Å². The lowest BCUT2D eigenvalue weighted by molar-refractivity contribution is -0.138. The predicted octanol–water partition coefficient (Wildman–Crippen LogP) is 3.13. The fraction of sp³-hybridized carbons (Fsp3) is 0.467. The van der Waals surface area contributed by atoms with E-state index >= 15 is 0 Å². The van der Waals surface area contributed by atoms with E-state index < -0.39 is 23.7 Å². The van der Waals surface area contributed by atoms with Gasteiger partial charge >= 0.3 is 12.1 Å². The number of hydrogen-bond donors (Lipinski definition) is 2. The van der Waals surface area contributed by atoms with E-state index in [1.54, 1.807) is 39.0 Å². The molecule has 2 N–H and O–H groups in total. The summed E-state index contributed by atoms with van der Waals surface area (Å²) in [5.74, 6) is 0.995. The number of nitrogens with one attached hydrogen (secondary N) is 1. The van der Waals surface area contributed by atoms with Crippen molar-refractivity contribution in [2.45, 2.75) is 38.2 Å². The van der Waals surface area contributed by atoms with Gasteiger partial charge in [-0.25, -0.2) is 9.59 Å². The lowest BCUT2D eigenvalue weighted by Crippen LogP contribution is -2.44. The van der Waals surface area contributed by atoms with E-state index in [1.807, 2.05) is 0 Å². The van der Waals surface area contributed by atoms with E-state index in [2.05, 4.69) is 11.9 Å². The van der Waals surface area contributed by atoms with Crippen molar-refractivity contribution in [3.05, 3.63) is 30.2 Å². The van der Waals surface area contributed by atoms with Crippen molar-refractivity contribution in [3.63, 3.8) is 0 Å². The van der Waals surface area contributed by atoms with Crippen LogP contribution in [-0.2, 0) is 15.3 Å². The van der Waals surface area contributed by atoms with Crippen LogP contribution in [0.15, 0.2) is 23.1 Å². The second kappa shape index (κ2) is 7.93. The van der Waals surface area contributed by atoms with Gasteiger partial charge in [0.05, 0.1) is 5.75 Å². The summed E-state index contributed by atoms with van der Waals surface area (Å²) in [5.41, 5.74) is -0.671. The first-order valence-electron chi connectivity index (χ1n) is 6.72. The van der Waals surface area contributed by atoms with Crippen LogP contribution in [-0.4, -0.2) is 34.6 Å². The highest BCUT2D eigenvalue weighted by molar-refractivity contribution is 7.98. The predicted molar refractivity (Wildman–Crippen MR) is 85.8 cm³/mol. The zero-order valence-corrected chi connectivity index (χ0v) is 13.7. The summed E-state index contributed by atoms with van der Waals surface area (Å²) < 4.78 is 10.5. The van der Waals surface area contributed by atoms with Crippen molar-refractivity contribution in [1.29, 1.82) is 0 Å². The molecular weight excluding hydrogens is 306 g/mol. The molecule has 0 spiro atoms. The van der Waals surface area contributed by atoms with Crippen LogP contribution < -0.4 is 5.32 Å². The molecule has 122 valence electrons. The van der Waals surface area contributed by atoms with Crippen molar-refractivity contribution in [2.75, 3.05) is 5.75 Å². The number of carboxylic acids is 1. The van der Waals surface area contributed by atoms with Crippen LogP contribution >= 0.6 is 11.8 Å². The van der Waals surface area contributed by atoms with Gasteiger partial charge in [-0.15, -0.1) is 0 Å². The number of alkyl carbamates (subject to hydrolysis) is 1. The first-order chi connectivity index (χ1) is 10.2. The van der Waals surface area contributed by atoms with Crippen molar-refractivity contribution < 1.29 is 23.8 Å². The zero-order chi connectivity index (χ0) is 16.8. The van der Waals surface area contributed by atoms with Crippen LogP contribution in [0, 0.1) is 0 Å². The second-order valence-corrected chi connectivity index (χ2v) is 6.59. The average molecular weight is 327 g/mol. The average Bonchev–Trinajstić information content (AvgIpc) is 2.83. The number of furan rings is 1. The molecule has 1 rings (SSSR count).